The highest BCUT2D eigenvalue weighted by molar-refractivity contribution is 5.05. The maximum atomic E-state index is 5.53. The van der Waals surface area contributed by atoms with Crippen molar-refractivity contribution in [2.45, 2.75) is 39.1 Å². The Morgan fingerprint density at radius 2 is 2.29 bits per heavy atom. The summed E-state index contributed by atoms with van der Waals surface area (Å²) in [6, 6.07) is 3.99. The molecule has 1 aliphatic rings. The van der Waals surface area contributed by atoms with Crippen molar-refractivity contribution in [2.24, 2.45) is 0 Å². The maximum Gasteiger partial charge on any atom is 0.158 e. The molecule has 2 rings (SSSR count). The van der Waals surface area contributed by atoms with Gasteiger partial charge in [-0.25, -0.2) is 0 Å². The summed E-state index contributed by atoms with van der Waals surface area (Å²) in [6.07, 6.45) is 1.94. The van der Waals surface area contributed by atoms with Crippen molar-refractivity contribution >= 4 is 0 Å². The first-order valence-corrected chi connectivity index (χ1v) is 5.06. The Hall–Kier alpha value is -0.800. The van der Waals surface area contributed by atoms with E-state index in [9.17, 15) is 0 Å². The third-order valence-electron chi connectivity index (χ3n) is 2.32. The summed E-state index contributed by atoms with van der Waals surface area (Å²) >= 11 is 0. The molecule has 0 N–H and O–H groups in total. The van der Waals surface area contributed by atoms with Gasteiger partial charge in [-0.2, -0.15) is 0 Å². The van der Waals surface area contributed by atoms with Gasteiger partial charge in [0.25, 0.3) is 0 Å². The minimum atomic E-state index is -0.0459. The third-order valence-corrected chi connectivity index (χ3v) is 2.32. The van der Waals surface area contributed by atoms with Gasteiger partial charge in [-0.3, -0.25) is 0 Å². The molecular weight excluding hydrogens is 180 g/mol. The van der Waals surface area contributed by atoms with Gasteiger partial charge in [0.15, 0.2) is 6.29 Å². The van der Waals surface area contributed by atoms with Crippen LogP contribution in [0.25, 0.3) is 0 Å². The van der Waals surface area contributed by atoms with Gasteiger partial charge in [-0.05, 0) is 26.0 Å². The van der Waals surface area contributed by atoms with E-state index in [1.807, 2.05) is 26.0 Å². The van der Waals surface area contributed by atoms with Crippen LogP contribution in [0, 0.1) is 6.92 Å². The van der Waals surface area contributed by atoms with Crippen LogP contribution in [0.15, 0.2) is 16.5 Å². The smallest absolute Gasteiger partial charge is 0.158 e. The van der Waals surface area contributed by atoms with Gasteiger partial charge in [0.1, 0.15) is 11.5 Å². The predicted molar refractivity (Wildman–Crippen MR) is 52.1 cm³/mol. The predicted octanol–water partition coefficient (Wildman–Crippen LogP) is 2.28. The first-order chi connectivity index (χ1) is 6.74. The SMILES string of the molecule is Cc1ccc(CC[C@@H]2OC[C@H](C)O2)o1. The van der Waals surface area contributed by atoms with E-state index in [-0.39, 0.29) is 12.4 Å². The van der Waals surface area contributed by atoms with Crippen molar-refractivity contribution in [1.29, 1.82) is 0 Å². The van der Waals surface area contributed by atoms with Gasteiger partial charge in [0, 0.05) is 12.8 Å². The van der Waals surface area contributed by atoms with Gasteiger partial charge in [-0.15, -0.1) is 0 Å². The number of aryl methyl sites for hydroxylation is 2. The van der Waals surface area contributed by atoms with Crippen molar-refractivity contribution in [3.8, 4) is 0 Å². The van der Waals surface area contributed by atoms with Gasteiger partial charge < -0.3 is 13.9 Å². The molecule has 0 aliphatic carbocycles. The van der Waals surface area contributed by atoms with E-state index >= 15 is 0 Å². The molecule has 1 fully saturated rings. The molecule has 1 aromatic heterocycles. The largest absolute Gasteiger partial charge is 0.466 e. The summed E-state index contributed by atoms with van der Waals surface area (Å²) in [7, 11) is 0. The van der Waals surface area contributed by atoms with E-state index in [0.717, 1.165) is 24.4 Å². The van der Waals surface area contributed by atoms with Gasteiger partial charge in [-0.1, -0.05) is 0 Å². The molecule has 78 valence electrons. The molecule has 1 aliphatic heterocycles. The van der Waals surface area contributed by atoms with Crippen LogP contribution in [0.3, 0.4) is 0 Å². The molecule has 0 radical (unpaired) electrons. The fourth-order valence-corrected chi connectivity index (χ4v) is 1.61. The summed E-state index contributed by atoms with van der Waals surface area (Å²) in [5, 5.41) is 0. The van der Waals surface area contributed by atoms with Crippen LogP contribution >= 0.6 is 0 Å². The zero-order valence-electron chi connectivity index (χ0n) is 8.66. The van der Waals surface area contributed by atoms with E-state index in [0.29, 0.717) is 6.61 Å². The summed E-state index contributed by atoms with van der Waals surface area (Å²) in [5.74, 6) is 1.97. The van der Waals surface area contributed by atoms with Gasteiger partial charge in [0.05, 0.1) is 12.7 Å². The minimum Gasteiger partial charge on any atom is -0.466 e. The molecule has 3 nitrogen and oxygen atoms in total. The van der Waals surface area contributed by atoms with Crippen molar-refractivity contribution < 1.29 is 13.9 Å². The van der Waals surface area contributed by atoms with Crippen LogP contribution in [0.1, 0.15) is 24.9 Å². The van der Waals surface area contributed by atoms with E-state index in [1.54, 1.807) is 0 Å². The number of hydrogen-bond donors (Lipinski definition) is 0. The zero-order valence-corrected chi connectivity index (χ0v) is 8.66. The van der Waals surface area contributed by atoms with Gasteiger partial charge >= 0.3 is 0 Å². The topological polar surface area (TPSA) is 31.6 Å². The Morgan fingerprint density at radius 3 is 2.86 bits per heavy atom. The number of rotatable bonds is 3. The average molecular weight is 196 g/mol. The van der Waals surface area contributed by atoms with E-state index < -0.39 is 0 Å². The Kier molecular flexibility index (Phi) is 2.89. The molecule has 0 saturated carbocycles. The maximum absolute atomic E-state index is 5.53. The molecule has 2 atom stereocenters. The number of furan rings is 1. The highest BCUT2D eigenvalue weighted by Gasteiger charge is 2.22. The highest BCUT2D eigenvalue weighted by Crippen LogP contribution is 2.17. The molecule has 0 amide bonds. The Morgan fingerprint density at radius 1 is 1.43 bits per heavy atom. The Balaban J connectivity index is 1.77. The standard InChI is InChI=1S/C11H16O3/c1-8-3-4-10(13-8)5-6-11-12-7-9(2)14-11/h3-4,9,11H,5-7H2,1-2H3/t9-,11+/m0/s1. The summed E-state index contributed by atoms with van der Waals surface area (Å²) in [5.41, 5.74) is 0. The first kappa shape index (κ1) is 9.74. The summed E-state index contributed by atoms with van der Waals surface area (Å²) < 4.78 is 16.4. The molecule has 0 unspecified atom stereocenters. The second-order valence-electron chi connectivity index (χ2n) is 3.76. The third kappa shape index (κ3) is 2.36. The Bertz CT molecular complexity index is 292. The van der Waals surface area contributed by atoms with Crippen molar-refractivity contribution in [1.82, 2.24) is 0 Å². The quantitative estimate of drug-likeness (QED) is 0.743. The summed E-state index contributed by atoms with van der Waals surface area (Å²) in [6.45, 7) is 4.69. The lowest BCUT2D eigenvalue weighted by Crippen LogP contribution is -2.10. The molecule has 0 aromatic carbocycles. The molecule has 1 saturated heterocycles. The molecule has 0 bridgehead atoms. The van der Waals surface area contributed by atoms with Crippen LogP contribution < -0.4 is 0 Å². The average Bonchev–Trinajstić information content (AvgIpc) is 2.72. The molecule has 2 heterocycles. The van der Waals surface area contributed by atoms with E-state index in [2.05, 4.69) is 0 Å². The number of ether oxygens (including phenoxy) is 2. The number of hydrogen-bond acceptors (Lipinski definition) is 3. The van der Waals surface area contributed by atoms with Crippen LogP contribution in [-0.2, 0) is 15.9 Å². The van der Waals surface area contributed by atoms with Crippen LogP contribution in [0.5, 0.6) is 0 Å². The lowest BCUT2D eigenvalue weighted by molar-refractivity contribution is -0.0593. The highest BCUT2D eigenvalue weighted by atomic mass is 16.7. The second kappa shape index (κ2) is 4.15. The molecule has 1 aromatic rings. The van der Waals surface area contributed by atoms with Crippen LogP contribution in [0.4, 0.5) is 0 Å². The fourth-order valence-electron chi connectivity index (χ4n) is 1.61. The van der Waals surface area contributed by atoms with E-state index in [4.69, 9.17) is 13.9 Å². The minimum absolute atomic E-state index is 0.0459. The molecule has 3 heteroatoms. The lowest BCUT2D eigenvalue weighted by atomic mass is 10.2. The van der Waals surface area contributed by atoms with Crippen molar-refractivity contribution in [3.05, 3.63) is 23.7 Å². The fraction of sp³-hybridized carbons (Fsp3) is 0.636. The van der Waals surface area contributed by atoms with E-state index in [1.165, 1.54) is 0 Å². The van der Waals surface area contributed by atoms with Crippen LogP contribution in [-0.4, -0.2) is 19.0 Å². The summed E-state index contributed by atoms with van der Waals surface area (Å²) in [4.78, 5) is 0. The second-order valence-corrected chi connectivity index (χ2v) is 3.76. The monoisotopic (exact) mass is 196 g/mol. The molecular formula is C11H16O3. The molecule has 14 heavy (non-hydrogen) atoms. The lowest BCUT2D eigenvalue weighted by Gasteiger charge is -2.07. The van der Waals surface area contributed by atoms with Crippen molar-refractivity contribution in [3.63, 3.8) is 0 Å². The zero-order chi connectivity index (χ0) is 9.97. The first-order valence-electron chi connectivity index (χ1n) is 5.06. The Labute approximate surface area is 84.0 Å². The van der Waals surface area contributed by atoms with Crippen LogP contribution in [0.2, 0.25) is 0 Å². The van der Waals surface area contributed by atoms with Gasteiger partial charge in [0.2, 0.25) is 0 Å². The normalized spacial score (nSPS) is 27.0. The van der Waals surface area contributed by atoms with Crippen molar-refractivity contribution in [2.75, 3.05) is 6.61 Å². The molecule has 0 spiro atoms.